The Morgan fingerprint density at radius 2 is 2.08 bits per heavy atom. The van der Waals surface area contributed by atoms with Gasteiger partial charge in [0.15, 0.2) is 11.5 Å². The molecule has 0 aliphatic carbocycles. The van der Waals surface area contributed by atoms with Crippen molar-refractivity contribution in [3.63, 3.8) is 0 Å². The quantitative estimate of drug-likeness (QED) is 0.713. The lowest BCUT2D eigenvalue weighted by molar-refractivity contribution is -0.0702. The van der Waals surface area contributed by atoms with Gasteiger partial charge in [-0.25, -0.2) is 0 Å². The fourth-order valence-electron chi connectivity index (χ4n) is 3.43. The second-order valence-corrected chi connectivity index (χ2v) is 7.16. The first-order valence-electron chi connectivity index (χ1n) is 8.11. The van der Waals surface area contributed by atoms with Crippen LogP contribution in [0, 0.1) is 0 Å². The van der Waals surface area contributed by atoms with Gasteiger partial charge in [0.2, 0.25) is 0 Å². The third kappa shape index (κ3) is 2.85. The molecule has 124 valence electrons. The van der Waals surface area contributed by atoms with Gasteiger partial charge >= 0.3 is 0 Å². The molecule has 2 aromatic rings. The van der Waals surface area contributed by atoms with E-state index in [0.717, 1.165) is 34.4 Å². The summed E-state index contributed by atoms with van der Waals surface area (Å²) in [5.74, 6) is 1.61. The van der Waals surface area contributed by atoms with Crippen LogP contribution in [0.15, 0.2) is 53.0 Å². The summed E-state index contributed by atoms with van der Waals surface area (Å²) in [6, 6.07) is 14.3. The lowest BCUT2D eigenvalue weighted by Crippen LogP contribution is -2.42. The molecule has 3 nitrogen and oxygen atoms in total. The molecule has 2 aromatic carbocycles. The molecule has 1 fully saturated rings. The molecule has 2 heterocycles. The average Bonchev–Trinajstić information content (AvgIpc) is 2.61. The number of rotatable bonds is 2. The number of methoxy groups -OCH3 is 1. The van der Waals surface area contributed by atoms with Gasteiger partial charge in [0.25, 0.3) is 0 Å². The topological polar surface area (TPSA) is 27.7 Å². The second kappa shape index (κ2) is 6.26. The molecule has 2 aliphatic heterocycles. The summed E-state index contributed by atoms with van der Waals surface area (Å²) < 4.78 is 19.0. The summed E-state index contributed by atoms with van der Waals surface area (Å²) in [6.45, 7) is 0.673. The van der Waals surface area contributed by atoms with Crippen LogP contribution < -0.4 is 9.47 Å². The molecule has 0 aromatic heterocycles. The normalized spacial score (nSPS) is 25.2. The van der Waals surface area contributed by atoms with E-state index >= 15 is 0 Å². The van der Waals surface area contributed by atoms with E-state index in [1.165, 1.54) is 5.56 Å². The van der Waals surface area contributed by atoms with Crippen LogP contribution in [0.4, 0.5) is 0 Å². The minimum Gasteiger partial charge on any atom is -0.493 e. The third-order valence-electron chi connectivity index (χ3n) is 4.70. The van der Waals surface area contributed by atoms with E-state index in [0.29, 0.717) is 6.61 Å². The van der Waals surface area contributed by atoms with Crippen LogP contribution in [0.1, 0.15) is 30.1 Å². The van der Waals surface area contributed by atoms with Crippen LogP contribution in [0.3, 0.4) is 0 Å². The van der Waals surface area contributed by atoms with Crippen LogP contribution in [0.2, 0.25) is 0 Å². The molecule has 2 aliphatic rings. The highest BCUT2D eigenvalue weighted by atomic mass is 79.9. The van der Waals surface area contributed by atoms with E-state index in [1.54, 1.807) is 7.11 Å². The molecule has 4 heteroatoms. The number of hydrogen-bond donors (Lipinski definition) is 0. The molecule has 0 radical (unpaired) electrons. The first kappa shape index (κ1) is 15.7. The highest BCUT2D eigenvalue weighted by Gasteiger charge is 2.40. The number of benzene rings is 2. The minimum absolute atomic E-state index is 0.0251. The number of fused-ring (bicyclic) bond motifs is 1. The number of hydrogen-bond acceptors (Lipinski definition) is 3. The molecular formula is C20H19BrO3. The number of ether oxygens (including phenoxy) is 3. The molecule has 1 saturated heterocycles. The van der Waals surface area contributed by atoms with Crippen molar-refractivity contribution in [2.24, 2.45) is 0 Å². The maximum absolute atomic E-state index is 6.46. The van der Waals surface area contributed by atoms with Gasteiger partial charge in [0.1, 0.15) is 5.60 Å². The fraction of sp³-hybridized carbons (Fsp3) is 0.300. The molecule has 0 N–H and O–H groups in total. The maximum Gasteiger partial charge on any atom is 0.169 e. The Labute approximate surface area is 150 Å². The van der Waals surface area contributed by atoms with Gasteiger partial charge in [-0.15, -0.1) is 0 Å². The zero-order valence-electron chi connectivity index (χ0n) is 13.5. The third-order valence-corrected chi connectivity index (χ3v) is 5.19. The Morgan fingerprint density at radius 1 is 1.21 bits per heavy atom. The van der Waals surface area contributed by atoms with Crippen molar-refractivity contribution in [2.75, 3.05) is 13.7 Å². The van der Waals surface area contributed by atoms with Crippen molar-refractivity contribution >= 4 is 22.0 Å². The van der Waals surface area contributed by atoms with E-state index in [4.69, 9.17) is 14.2 Å². The van der Waals surface area contributed by atoms with Crippen molar-refractivity contribution in [3.05, 3.63) is 64.1 Å². The predicted molar refractivity (Wildman–Crippen MR) is 97.5 cm³/mol. The van der Waals surface area contributed by atoms with Gasteiger partial charge < -0.3 is 14.2 Å². The summed E-state index contributed by atoms with van der Waals surface area (Å²) in [5, 5.41) is 0. The summed E-state index contributed by atoms with van der Waals surface area (Å²) in [6.07, 6.45) is 5.98. The van der Waals surface area contributed by atoms with Gasteiger partial charge in [0.05, 0.1) is 19.8 Å². The van der Waals surface area contributed by atoms with Gasteiger partial charge in [-0.05, 0) is 29.8 Å². The number of para-hydroxylation sites is 1. The summed E-state index contributed by atoms with van der Waals surface area (Å²) >= 11 is 3.54. The fourth-order valence-corrected chi connectivity index (χ4v) is 3.84. The molecule has 2 atom stereocenters. The predicted octanol–water partition coefficient (Wildman–Crippen LogP) is 5.15. The molecule has 0 amide bonds. The highest BCUT2D eigenvalue weighted by molar-refractivity contribution is 9.10. The Hall–Kier alpha value is -1.78. The van der Waals surface area contributed by atoms with Crippen molar-refractivity contribution < 1.29 is 14.2 Å². The second-order valence-electron chi connectivity index (χ2n) is 6.25. The Kier molecular flexibility index (Phi) is 4.10. The highest BCUT2D eigenvalue weighted by Crippen LogP contribution is 2.45. The molecule has 24 heavy (non-hydrogen) atoms. The molecule has 1 spiro atoms. The largest absolute Gasteiger partial charge is 0.493 e. The Morgan fingerprint density at radius 3 is 2.92 bits per heavy atom. The monoisotopic (exact) mass is 386 g/mol. The van der Waals surface area contributed by atoms with Crippen molar-refractivity contribution in [3.8, 4) is 11.5 Å². The zero-order chi connectivity index (χ0) is 16.6. The van der Waals surface area contributed by atoms with Crippen LogP contribution in [0.5, 0.6) is 11.5 Å². The van der Waals surface area contributed by atoms with Crippen molar-refractivity contribution in [1.29, 1.82) is 0 Å². The molecule has 0 bridgehead atoms. The minimum atomic E-state index is -0.340. The van der Waals surface area contributed by atoms with Gasteiger partial charge in [0, 0.05) is 22.9 Å². The Bertz CT molecular complexity index is 786. The lowest BCUT2D eigenvalue weighted by Gasteiger charge is -2.41. The van der Waals surface area contributed by atoms with E-state index in [1.807, 2.05) is 30.3 Å². The van der Waals surface area contributed by atoms with Gasteiger partial charge in [-0.2, -0.15) is 0 Å². The van der Waals surface area contributed by atoms with Crippen molar-refractivity contribution in [1.82, 2.24) is 0 Å². The maximum atomic E-state index is 6.46. The molecule has 4 rings (SSSR count). The SMILES string of the molecule is COc1cccc2c1O[C@]1(C=C2)CCO[C@H](c2cccc(Br)c2)C1. The van der Waals surface area contributed by atoms with E-state index in [2.05, 4.69) is 40.2 Å². The van der Waals surface area contributed by atoms with E-state index in [-0.39, 0.29) is 11.7 Å². The Balaban J connectivity index is 1.64. The van der Waals surface area contributed by atoms with Crippen LogP contribution >= 0.6 is 15.9 Å². The zero-order valence-corrected chi connectivity index (χ0v) is 15.1. The summed E-state index contributed by atoms with van der Waals surface area (Å²) in [7, 11) is 1.68. The smallest absolute Gasteiger partial charge is 0.169 e. The van der Waals surface area contributed by atoms with Gasteiger partial charge in [-0.3, -0.25) is 0 Å². The molecule has 0 saturated carbocycles. The summed E-state index contributed by atoms with van der Waals surface area (Å²) in [5.41, 5.74) is 1.89. The molecule has 0 unspecified atom stereocenters. The van der Waals surface area contributed by atoms with Crippen molar-refractivity contribution in [2.45, 2.75) is 24.5 Å². The van der Waals surface area contributed by atoms with E-state index in [9.17, 15) is 0 Å². The number of halogens is 1. The first-order valence-corrected chi connectivity index (χ1v) is 8.91. The van der Waals surface area contributed by atoms with Crippen LogP contribution in [0.25, 0.3) is 6.08 Å². The standard InChI is InChI=1S/C20H19BrO3/c1-22-17-7-3-4-14-8-9-20(24-19(14)17)10-11-23-18(13-20)15-5-2-6-16(21)12-15/h2-9,12,18H,10-11,13H2,1H3/t18-,20+/m0/s1. The van der Waals surface area contributed by atoms with Crippen LogP contribution in [-0.4, -0.2) is 19.3 Å². The molecular weight excluding hydrogens is 368 g/mol. The lowest BCUT2D eigenvalue weighted by atomic mass is 9.85. The van der Waals surface area contributed by atoms with Crippen LogP contribution in [-0.2, 0) is 4.74 Å². The van der Waals surface area contributed by atoms with Gasteiger partial charge in [-0.1, -0.05) is 46.3 Å². The first-order chi connectivity index (χ1) is 11.7. The average molecular weight is 387 g/mol. The summed E-state index contributed by atoms with van der Waals surface area (Å²) in [4.78, 5) is 0. The van der Waals surface area contributed by atoms with E-state index < -0.39 is 0 Å².